The van der Waals surface area contributed by atoms with Crippen LogP contribution in [0.15, 0.2) is 48.5 Å². The van der Waals surface area contributed by atoms with Crippen molar-refractivity contribution in [3.05, 3.63) is 65.2 Å². The molecule has 0 unspecified atom stereocenters. The molecule has 92 valence electrons. The average molecular weight is 240 g/mol. The average Bonchev–Trinajstić information content (AvgIpc) is 2.46. The highest BCUT2D eigenvalue weighted by molar-refractivity contribution is 5.79. The fourth-order valence-corrected chi connectivity index (χ4v) is 2.05. The van der Waals surface area contributed by atoms with E-state index in [-0.39, 0.29) is 5.92 Å². The molecule has 0 saturated carbocycles. The maximum Gasteiger partial charge on any atom is 0.153 e. The highest BCUT2D eigenvalue weighted by atomic mass is 16.5. The molecule has 2 aromatic rings. The quantitative estimate of drug-likeness (QED) is 0.762. The number of hydrogen-bond donors (Lipinski definition) is 0. The molecule has 0 heterocycles. The minimum atomic E-state index is 0.260. The molecule has 0 amide bonds. The van der Waals surface area contributed by atoms with Gasteiger partial charge in [0, 0.05) is 5.92 Å². The lowest BCUT2D eigenvalue weighted by molar-refractivity contribution is 0.112. The van der Waals surface area contributed by atoms with Crippen LogP contribution in [-0.2, 0) is 0 Å². The summed E-state index contributed by atoms with van der Waals surface area (Å²) in [6.45, 7) is 2.13. The first-order valence-corrected chi connectivity index (χ1v) is 5.94. The van der Waals surface area contributed by atoms with Crippen LogP contribution in [0.1, 0.15) is 34.3 Å². The van der Waals surface area contributed by atoms with Crippen LogP contribution < -0.4 is 4.74 Å². The third kappa shape index (κ3) is 2.43. The van der Waals surface area contributed by atoms with E-state index in [0.717, 1.165) is 11.8 Å². The molecule has 0 spiro atoms. The second-order valence-corrected chi connectivity index (χ2v) is 4.25. The third-order valence-corrected chi connectivity index (χ3v) is 3.18. The SMILES string of the molecule is COc1ccc([C@H](C)c2ccccc2)cc1C=O. The molecule has 2 nitrogen and oxygen atoms in total. The number of aldehydes is 1. The molecule has 0 aliphatic heterocycles. The molecule has 2 aromatic carbocycles. The standard InChI is InChI=1S/C16H16O2/c1-12(13-6-4-3-5-7-13)14-8-9-16(18-2)15(10-14)11-17/h3-12H,1-2H3/t12-/m1/s1. The molecule has 0 N–H and O–H groups in total. The summed E-state index contributed by atoms with van der Waals surface area (Å²) in [5, 5.41) is 0. The molecule has 0 aromatic heterocycles. The molecule has 0 radical (unpaired) electrons. The highest BCUT2D eigenvalue weighted by Gasteiger charge is 2.10. The number of carbonyl (C=O) groups is 1. The van der Waals surface area contributed by atoms with E-state index in [1.165, 1.54) is 5.56 Å². The summed E-state index contributed by atoms with van der Waals surface area (Å²) in [5.41, 5.74) is 2.95. The highest BCUT2D eigenvalue weighted by Crippen LogP contribution is 2.27. The van der Waals surface area contributed by atoms with Gasteiger partial charge in [-0.1, -0.05) is 43.3 Å². The molecular weight excluding hydrogens is 224 g/mol. The van der Waals surface area contributed by atoms with E-state index in [0.29, 0.717) is 11.3 Å². The maximum atomic E-state index is 11.0. The molecule has 18 heavy (non-hydrogen) atoms. The van der Waals surface area contributed by atoms with Crippen molar-refractivity contribution in [2.45, 2.75) is 12.8 Å². The van der Waals surface area contributed by atoms with Crippen LogP contribution >= 0.6 is 0 Å². The van der Waals surface area contributed by atoms with Gasteiger partial charge in [-0.2, -0.15) is 0 Å². The summed E-state index contributed by atoms with van der Waals surface area (Å²) in [6.07, 6.45) is 0.833. The van der Waals surface area contributed by atoms with Gasteiger partial charge in [0.05, 0.1) is 12.7 Å². The Morgan fingerprint density at radius 3 is 2.39 bits per heavy atom. The van der Waals surface area contributed by atoms with Crippen LogP contribution in [0.4, 0.5) is 0 Å². The van der Waals surface area contributed by atoms with Crippen LogP contribution in [0.3, 0.4) is 0 Å². The van der Waals surface area contributed by atoms with Crippen molar-refractivity contribution < 1.29 is 9.53 Å². The van der Waals surface area contributed by atoms with Crippen molar-refractivity contribution >= 4 is 6.29 Å². The Hall–Kier alpha value is -2.09. The van der Waals surface area contributed by atoms with Gasteiger partial charge < -0.3 is 4.74 Å². The third-order valence-electron chi connectivity index (χ3n) is 3.18. The first kappa shape index (κ1) is 12.4. The molecule has 0 aliphatic carbocycles. The van der Waals surface area contributed by atoms with Gasteiger partial charge in [0.1, 0.15) is 5.75 Å². The number of methoxy groups -OCH3 is 1. The lowest BCUT2D eigenvalue weighted by Gasteiger charge is -2.14. The van der Waals surface area contributed by atoms with E-state index in [2.05, 4.69) is 19.1 Å². The van der Waals surface area contributed by atoms with Gasteiger partial charge in [-0.15, -0.1) is 0 Å². The Balaban J connectivity index is 2.37. The minimum absolute atomic E-state index is 0.260. The van der Waals surface area contributed by atoms with E-state index in [9.17, 15) is 4.79 Å². The number of benzene rings is 2. The first-order chi connectivity index (χ1) is 8.76. The molecule has 0 bridgehead atoms. The van der Waals surface area contributed by atoms with Crippen LogP contribution in [0.25, 0.3) is 0 Å². The summed E-state index contributed by atoms with van der Waals surface area (Å²) >= 11 is 0. The van der Waals surface area contributed by atoms with Gasteiger partial charge in [0.25, 0.3) is 0 Å². The Bertz CT molecular complexity index is 532. The largest absolute Gasteiger partial charge is 0.496 e. The first-order valence-electron chi connectivity index (χ1n) is 5.94. The summed E-state index contributed by atoms with van der Waals surface area (Å²) in [4.78, 5) is 11.0. The summed E-state index contributed by atoms with van der Waals surface area (Å²) in [7, 11) is 1.57. The number of hydrogen-bond acceptors (Lipinski definition) is 2. The topological polar surface area (TPSA) is 26.3 Å². The van der Waals surface area contributed by atoms with Crippen molar-refractivity contribution in [2.75, 3.05) is 7.11 Å². The van der Waals surface area contributed by atoms with Crippen LogP contribution in [0.2, 0.25) is 0 Å². The zero-order valence-electron chi connectivity index (χ0n) is 10.6. The predicted molar refractivity (Wildman–Crippen MR) is 72.3 cm³/mol. The Morgan fingerprint density at radius 1 is 1.06 bits per heavy atom. The van der Waals surface area contributed by atoms with Gasteiger partial charge >= 0.3 is 0 Å². The predicted octanol–water partition coefficient (Wildman–Crippen LogP) is 3.66. The van der Waals surface area contributed by atoms with Gasteiger partial charge in [-0.25, -0.2) is 0 Å². The molecule has 1 atom stereocenters. The Labute approximate surface area is 107 Å². The molecule has 0 aliphatic rings. The fourth-order valence-electron chi connectivity index (χ4n) is 2.05. The zero-order valence-corrected chi connectivity index (χ0v) is 10.6. The van der Waals surface area contributed by atoms with E-state index < -0.39 is 0 Å². The molecule has 0 saturated heterocycles. The van der Waals surface area contributed by atoms with Crippen molar-refractivity contribution in [1.82, 2.24) is 0 Å². The second-order valence-electron chi connectivity index (χ2n) is 4.25. The van der Waals surface area contributed by atoms with Crippen LogP contribution in [-0.4, -0.2) is 13.4 Å². The lowest BCUT2D eigenvalue weighted by Crippen LogP contribution is -1.98. The molecular formula is C16H16O2. The van der Waals surface area contributed by atoms with Crippen LogP contribution in [0, 0.1) is 0 Å². The van der Waals surface area contributed by atoms with Crippen LogP contribution in [0.5, 0.6) is 5.75 Å². The van der Waals surface area contributed by atoms with E-state index >= 15 is 0 Å². The van der Waals surface area contributed by atoms with Gasteiger partial charge in [-0.3, -0.25) is 4.79 Å². The summed E-state index contributed by atoms with van der Waals surface area (Å²) in [6, 6.07) is 16.0. The van der Waals surface area contributed by atoms with E-state index in [1.54, 1.807) is 7.11 Å². The van der Waals surface area contributed by atoms with Crippen molar-refractivity contribution in [1.29, 1.82) is 0 Å². The Morgan fingerprint density at radius 2 is 1.78 bits per heavy atom. The fraction of sp³-hybridized carbons (Fsp3) is 0.188. The zero-order chi connectivity index (χ0) is 13.0. The number of rotatable bonds is 4. The van der Waals surface area contributed by atoms with Gasteiger partial charge in [0.2, 0.25) is 0 Å². The second kappa shape index (κ2) is 5.50. The van der Waals surface area contributed by atoms with E-state index in [1.807, 2.05) is 36.4 Å². The molecule has 2 rings (SSSR count). The summed E-state index contributed by atoms with van der Waals surface area (Å²) in [5.74, 6) is 0.879. The minimum Gasteiger partial charge on any atom is -0.496 e. The molecule has 2 heteroatoms. The smallest absolute Gasteiger partial charge is 0.153 e. The Kier molecular flexibility index (Phi) is 3.78. The number of ether oxygens (including phenoxy) is 1. The monoisotopic (exact) mass is 240 g/mol. The summed E-state index contributed by atoms with van der Waals surface area (Å²) < 4.78 is 5.15. The molecule has 0 fully saturated rings. The lowest BCUT2D eigenvalue weighted by atomic mass is 9.92. The normalized spacial score (nSPS) is 11.9. The van der Waals surface area contributed by atoms with Crippen molar-refractivity contribution in [3.8, 4) is 5.75 Å². The number of carbonyl (C=O) groups excluding carboxylic acids is 1. The van der Waals surface area contributed by atoms with Gasteiger partial charge in [-0.05, 0) is 23.3 Å². The maximum absolute atomic E-state index is 11.0. The van der Waals surface area contributed by atoms with Crippen molar-refractivity contribution in [3.63, 3.8) is 0 Å². The van der Waals surface area contributed by atoms with Gasteiger partial charge in [0.15, 0.2) is 6.29 Å². The van der Waals surface area contributed by atoms with E-state index in [4.69, 9.17) is 4.74 Å². The van der Waals surface area contributed by atoms with Crippen molar-refractivity contribution in [2.24, 2.45) is 0 Å².